The molecule has 0 aliphatic carbocycles. The van der Waals surface area contributed by atoms with Gasteiger partial charge in [0.05, 0.1) is 11.6 Å². The molecule has 1 aliphatic heterocycles. The van der Waals surface area contributed by atoms with Gasteiger partial charge in [0.1, 0.15) is 0 Å². The Kier molecular flexibility index (Phi) is 3.97. The third kappa shape index (κ3) is 2.88. The molecule has 1 aliphatic rings. The van der Waals surface area contributed by atoms with Gasteiger partial charge in [-0.05, 0) is 24.0 Å². The number of hydrogen-bond acceptors (Lipinski definition) is 3. The Labute approximate surface area is 108 Å². The molecule has 0 spiro atoms. The van der Waals surface area contributed by atoms with Crippen LogP contribution in [0.15, 0.2) is 24.4 Å². The van der Waals surface area contributed by atoms with Crippen LogP contribution in [0.1, 0.15) is 19.5 Å². The summed E-state index contributed by atoms with van der Waals surface area (Å²) in [5.41, 5.74) is 1.01. The van der Waals surface area contributed by atoms with Crippen LogP contribution in [0, 0.1) is 17.8 Å². The normalized spacial score (nSPS) is 24.6. The molecule has 1 N–H and O–H groups in total. The van der Waals surface area contributed by atoms with Crippen LogP contribution >= 0.6 is 0 Å². The summed E-state index contributed by atoms with van der Waals surface area (Å²) in [7, 11) is 0. The number of pyridine rings is 1. The Hall–Kier alpha value is -1.42. The van der Waals surface area contributed by atoms with E-state index in [9.17, 15) is 9.90 Å². The van der Waals surface area contributed by atoms with E-state index in [1.54, 1.807) is 6.20 Å². The van der Waals surface area contributed by atoms with Crippen molar-refractivity contribution in [3.05, 3.63) is 30.1 Å². The third-order valence-electron chi connectivity index (χ3n) is 3.73. The van der Waals surface area contributed by atoms with E-state index in [4.69, 9.17) is 0 Å². The summed E-state index contributed by atoms with van der Waals surface area (Å²) in [5, 5.41) is 9.27. The lowest BCUT2D eigenvalue weighted by molar-refractivity contribution is -0.143. The van der Waals surface area contributed by atoms with Gasteiger partial charge in [0, 0.05) is 25.8 Å². The molecule has 0 unspecified atom stereocenters. The van der Waals surface area contributed by atoms with Crippen LogP contribution in [0.2, 0.25) is 0 Å². The van der Waals surface area contributed by atoms with Crippen LogP contribution < -0.4 is 0 Å². The molecule has 4 heteroatoms. The van der Waals surface area contributed by atoms with Crippen molar-refractivity contribution < 1.29 is 9.90 Å². The van der Waals surface area contributed by atoms with Crippen LogP contribution in [-0.4, -0.2) is 34.0 Å². The second-order valence-electron chi connectivity index (χ2n) is 5.37. The van der Waals surface area contributed by atoms with Gasteiger partial charge in [-0.1, -0.05) is 19.9 Å². The molecule has 2 heterocycles. The second kappa shape index (κ2) is 5.48. The van der Waals surface area contributed by atoms with Crippen molar-refractivity contribution in [3.63, 3.8) is 0 Å². The van der Waals surface area contributed by atoms with Crippen molar-refractivity contribution in [2.24, 2.45) is 17.8 Å². The van der Waals surface area contributed by atoms with Crippen molar-refractivity contribution >= 4 is 5.97 Å². The van der Waals surface area contributed by atoms with E-state index in [0.29, 0.717) is 12.5 Å². The van der Waals surface area contributed by atoms with Gasteiger partial charge in [-0.25, -0.2) is 0 Å². The summed E-state index contributed by atoms with van der Waals surface area (Å²) in [5.74, 6) is -0.267. The van der Waals surface area contributed by atoms with Crippen LogP contribution in [-0.2, 0) is 11.3 Å². The lowest BCUT2D eigenvalue weighted by atomic mass is 9.86. The summed E-state index contributed by atoms with van der Waals surface area (Å²) in [6, 6.07) is 5.84. The average Bonchev–Trinajstić information content (AvgIpc) is 2.74. The zero-order valence-electron chi connectivity index (χ0n) is 10.9. The monoisotopic (exact) mass is 248 g/mol. The van der Waals surface area contributed by atoms with Gasteiger partial charge in [-0.15, -0.1) is 0 Å². The van der Waals surface area contributed by atoms with Crippen molar-refractivity contribution in [3.8, 4) is 0 Å². The standard InChI is InChI=1S/C14H20N2O2/c1-10(2)12-8-16(9-13(12)14(17)18)7-11-5-3-4-6-15-11/h3-6,10,12-13H,7-9H2,1-2H3,(H,17,18)/t12-,13+/m0/s1. The molecule has 1 saturated heterocycles. The Morgan fingerprint density at radius 1 is 1.50 bits per heavy atom. The Morgan fingerprint density at radius 2 is 2.28 bits per heavy atom. The highest BCUT2D eigenvalue weighted by atomic mass is 16.4. The fraction of sp³-hybridized carbons (Fsp3) is 0.571. The first kappa shape index (κ1) is 13.0. The topological polar surface area (TPSA) is 53.4 Å². The summed E-state index contributed by atoms with van der Waals surface area (Å²) in [6.07, 6.45) is 1.78. The van der Waals surface area contributed by atoms with E-state index >= 15 is 0 Å². The van der Waals surface area contributed by atoms with E-state index < -0.39 is 5.97 Å². The van der Waals surface area contributed by atoms with Gasteiger partial charge in [0.2, 0.25) is 0 Å². The van der Waals surface area contributed by atoms with Gasteiger partial charge in [-0.3, -0.25) is 14.7 Å². The molecule has 0 saturated carbocycles. The number of nitrogens with zero attached hydrogens (tertiary/aromatic N) is 2. The van der Waals surface area contributed by atoms with Gasteiger partial charge >= 0.3 is 5.97 Å². The molecule has 0 bridgehead atoms. The number of likely N-dealkylation sites (tertiary alicyclic amines) is 1. The number of rotatable bonds is 4. The molecule has 0 aromatic carbocycles. The molecule has 1 fully saturated rings. The summed E-state index contributed by atoms with van der Waals surface area (Å²) in [4.78, 5) is 17.8. The SMILES string of the molecule is CC(C)[C@@H]1CN(Cc2ccccn2)C[C@H]1C(=O)O. The highest BCUT2D eigenvalue weighted by Crippen LogP contribution is 2.30. The van der Waals surface area contributed by atoms with E-state index in [1.165, 1.54) is 0 Å². The first-order valence-corrected chi connectivity index (χ1v) is 6.43. The maximum absolute atomic E-state index is 11.3. The van der Waals surface area contributed by atoms with Gasteiger partial charge < -0.3 is 5.11 Å². The van der Waals surface area contributed by atoms with E-state index in [1.807, 2.05) is 18.2 Å². The molecule has 1 aromatic rings. The molecule has 4 nitrogen and oxygen atoms in total. The largest absolute Gasteiger partial charge is 0.481 e. The smallest absolute Gasteiger partial charge is 0.308 e. The Balaban J connectivity index is 2.03. The maximum atomic E-state index is 11.3. The number of carboxylic acids is 1. The molecule has 0 radical (unpaired) electrons. The average molecular weight is 248 g/mol. The fourth-order valence-electron chi connectivity index (χ4n) is 2.70. The number of aliphatic carboxylic acids is 1. The molecule has 0 amide bonds. The minimum absolute atomic E-state index is 0.242. The minimum Gasteiger partial charge on any atom is -0.481 e. The number of hydrogen-bond donors (Lipinski definition) is 1. The van der Waals surface area contributed by atoms with E-state index in [-0.39, 0.29) is 11.8 Å². The van der Waals surface area contributed by atoms with Crippen LogP contribution in [0.25, 0.3) is 0 Å². The second-order valence-corrected chi connectivity index (χ2v) is 5.37. The van der Waals surface area contributed by atoms with Crippen molar-refractivity contribution in [2.75, 3.05) is 13.1 Å². The molecule has 2 atom stereocenters. The molecule has 1 aromatic heterocycles. The summed E-state index contributed by atoms with van der Waals surface area (Å²) in [6.45, 7) is 6.43. The first-order chi connectivity index (χ1) is 8.58. The molecule has 2 rings (SSSR count). The third-order valence-corrected chi connectivity index (χ3v) is 3.73. The minimum atomic E-state index is -0.669. The van der Waals surface area contributed by atoms with Crippen molar-refractivity contribution in [1.29, 1.82) is 0 Å². The molecule has 98 valence electrons. The van der Waals surface area contributed by atoms with Gasteiger partial charge in [0.15, 0.2) is 0 Å². The number of aromatic nitrogens is 1. The summed E-state index contributed by atoms with van der Waals surface area (Å²) >= 11 is 0. The quantitative estimate of drug-likeness (QED) is 0.883. The maximum Gasteiger partial charge on any atom is 0.308 e. The van der Waals surface area contributed by atoms with Gasteiger partial charge in [0.25, 0.3) is 0 Å². The van der Waals surface area contributed by atoms with Crippen molar-refractivity contribution in [1.82, 2.24) is 9.88 Å². The lowest BCUT2D eigenvalue weighted by Gasteiger charge is -2.18. The summed E-state index contributed by atoms with van der Waals surface area (Å²) < 4.78 is 0. The molecular weight excluding hydrogens is 228 g/mol. The van der Waals surface area contributed by atoms with Crippen LogP contribution in [0.5, 0.6) is 0 Å². The number of carboxylic acid groups (broad SMARTS) is 1. The predicted molar refractivity (Wildman–Crippen MR) is 69.0 cm³/mol. The first-order valence-electron chi connectivity index (χ1n) is 6.43. The van der Waals surface area contributed by atoms with Gasteiger partial charge in [-0.2, -0.15) is 0 Å². The highest BCUT2D eigenvalue weighted by molar-refractivity contribution is 5.71. The zero-order chi connectivity index (χ0) is 13.1. The molecular formula is C14H20N2O2. The fourth-order valence-corrected chi connectivity index (χ4v) is 2.70. The van der Waals surface area contributed by atoms with Crippen LogP contribution in [0.4, 0.5) is 0 Å². The van der Waals surface area contributed by atoms with Crippen molar-refractivity contribution in [2.45, 2.75) is 20.4 Å². The zero-order valence-corrected chi connectivity index (χ0v) is 10.9. The Bertz CT molecular complexity index is 406. The molecule has 18 heavy (non-hydrogen) atoms. The lowest BCUT2D eigenvalue weighted by Crippen LogP contribution is -2.25. The highest BCUT2D eigenvalue weighted by Gasteiger charge is 2.38. The Morgan fingerprint density at radius 3 is 2.78 bits per heavy atom. The van der Waals surface area contributed by atoms with Crippen LogP contribution in [0.3, 0.4) is 0 Å². The number of carbonyl (C=O) groups is 1. The van der Waals surface area contributed by atoms with E-state index in [2.05, 4.69) is 23.7 Å². The van der Waals surface area contributed by atoms with E-state index in [0.717, 1.165) is 18.8 Å². The predicted octanol–water partition coefficient (Wildman–Crippen LogP) is 1.87.